The standard InChI is InChI=1S/C13H27N3O2/c1-10(2)12(8-14)13(17)15-11(3)9-16-4-6-18-7-5-16/h10-12H,4-9,14H2,1-3H3,(H,15,17). The van der Waals surface area contributed by atoms with E-state index >= 15 is 0 Å². The Morgan fingerprint density at radius 1 is 1.33 bits per heavy atom. The molecule has 1 aliphatic heterocycles. The Bertz CT molecular complexity index is 253. The van der Waals surface area contributed by atoms with Crippen LogP contribution in [0, 0.1) is 11.8 Å². The molecule has 5 heteroatoms. The number of hydrogen-bond acceptors (Lipinski definition) is 4. The van der Waals surface area contributed by atoms with Crippen LogP contribution in [0.1, 0.15) is 20.8 Å². The van der Waals surface area contributed by atoms with Gasteiger partial charge in [0.25, 0.3) is 0 Å². The van der Waals surface area contributed by atoms with Crippen LogP contribution < -0.4 is 11.1 Å². The van der Waals surface area contributed by atoms with Crippen molar-refractivity contribution in [1.82, 2.24) is 10.2 Å². The van der Waals surface area contributed by atoms with Crippen molar-refractivity contribution in [2.24, 2.45) is 17.6 Å². The SMILES string of the molecule is CC(CN1CCOCC1)NC(=O)C(CN)C(C)C. The molecule has 2 atom stereocenters. The monoisotopic (exact) mass is 257 g/mol. The highest BCUT2D eigenvalue weighted by Gasteiger charge is 2.22. The van der Waals surface area contributed by atoms with Gasteiger partial charge in [-0.3, -0.25) is 9.69 Å². The maximum absolute atomic E-state index is 12.0. The molecule has 18 heavy (non-hydrogen) atoms. The average Bonchev–Trinajstić information content (AvgIpc) is 2.30. The van der Waals surface area contributed by atoms with Crippen molar-refractivity contribution in [2.45, 2.75) is 26.8 Å². The molecule has 1 aliphatic rings. The van der Waals surface area contributed by atoms with Crippen molar-refractivity contribution in [3.05, 3.63) is 0 Å². The molecule has 0 aromatic rings. The van der Waals surface area contributed by atoms with Gasteiger partial charge in [0.15, 0.2) is 0 Å². The van der Waals surface area contributed by atoms with Crippen molar-refractivity contribution in [3.8, 4) is 0 Å². The molecule has 1 rings (SSSR count). The largest absolute Gasteiger partial charge is 0.379 e. The van der Waals surface area contributed by atoms with Gasteiger partial charge in [-0.2, -0.15) is 0 Å². The molecule has 0 spiro atoms. The molecular formula is C13H27N3O2. The molecular weight excluding hydrogens is 230 g/mol. The highest BCUT2D eigenvalue weighted by atomic mass is 16.5. The first kappa shape index (κ1) is 15.4. The predicted octanol–water partition coefficient (Wildman–Crippen LogP) is 0.0542. The summed E-state index contributed by atoms with van der Waals surface area (Å²) >= 11 is 0. The van der Waals surface area contributed by atoms with Crippen LogP contribution in [0.5, 0.6) is 0 Å². The summed E-state index contributed by atoms with van der Waals surface area (Å²) in [5.41, 5.74) is 5.65. The second kappa shape index (κ2) is 7.71. The van der Waals surface area contributed by atoms with Gasteiger partial charge in [0.1, 0.15) is 0 Å². The molecule has 0 saturated carbocycles. The fourth-order valence-electron chi connectivity index (χ4n) is 2.25. The van der Waals surface area contributed by atoms with Crippen LogP contribution in [0.25, 0.3) is 0 Å². The van der Waals surface area contributed by atoms with Gasteiger partial charge in [0, 0.05) is 32.2 Å². The highest BCUT2D eigenvalue weighted by molar-refractivity contribution is 5.79. The highest BCUT2D eigenvalue weighted by Crippen LogP contribution is 2.09. The van der Waals surface area contributed by atoms with Crippen molar-refractivity contribution in [3.63, 3.8) is 0 Å². The third kappa shape index (κ3) is 4.92. The average molecular weight is 257 g/mol. The Kier molecular flexibility index (Phi) is 6.60. The summed E-state index contributed by atoms with van der Waals surface area (Å²) in [5.74, 6) is 0.274. The quantitative estimate of drug-likeness (QED) is 0.706. The van der Waals surface area contributed by atoms with Crippen LogP contribution in [0.15, 0.2) is 0 Å². The molecule has 106 valence electrons. The van der Waals surface area contributed by atoms with Crippen molar-refractivity contribution in [2.75, 3.05) is 39.4 Å². The fourth-order valence-corrected chi connectivity index (χ4v) is 2.25. The number of nitrogens with two attached hydrogens (primary N) is 1. The van der Waals surface area contributed by atoms with Gasteiger partial charge in [-0.1, -0.05) is 13.8 Å². The first-order valence-corrected chi connectivity index (χ1v) is 6.85. The molecule has 0 aromatic heterocycles. The Balaban J connectivity index is 2.33. The van der Waals surface area contributed by atoms with Crippen molar-refractivity contribution in [1.29, 1.82) is 0 Å². The smallest absolute Gasteiger partial charge is 0.224 e. The molecule has 1 amide bonds. The minimum Gasteiger partial charge on any atom is -0.379 e. The van der Waals surface area contributed by atoms with E-state index in [1.54, 1.807) is 0 Å². The van der Waals surface area contributed by atoms with E-state index in [1.165, 1.54) is 0 Å². The van der Waals surface area contributed by atoms with E-state index < -0.39 is 0 Å². The van der Waals surface area contributed by atoms with Gasteiger partial charge < -0.3 is 15.8 Å². The minimum atomic E-state index is -0.0860. The topological polar surface area (TPSA) is 67.6 Å². The third-order valence-electron chi connectivity index (χ3n) is 3.42. The van der Waals surface area contributed by atoms with Crippen LogP contribution >= 0.6 is 0 Å². The zero-order valence-corrected chi connectivity index (χ0v) is 11.8. The third-order valence-corrected chi connectivity index (χ3v) is 3.42. The normalized spacial score (nSPS) is 20.7. The number of rotatable bonds is 6. The molecule has 3 N–H and O–H groups in total. The number of amides is 1. The summed E-state index contributed by atoms with van der Waals surface area (Å²) in [6.07, 6.45) is 0. The molecule has 1 saturated heterocycles. The van der Waals surface area contributed by atoms with Crippen LogP contribution in [0.4, 0.5) is 0 Å². The fraction of sp³-hybridized carbons (Fsp3) is 0.923. The lowest BCUT2D eigenvalue weighted by Crippen LogP contribution is -2.48. The Hall–Kier alpha value is -0.650. The van der Waals surface area contributed by atoms with Gasteiger partial charge in [-0.15, -0.1) is 0 Å². The van der Waals surface area contributed by atoms with Gasteiger partial charge in [-0.05, 0) is 12.8 Å². The lowest BCUT2D eigenvalue weighted by Gasteiger charge is -2.30. The van der Waals surface area contributed by atoms with Crippen LogP contribution in [-0.2, 0) is 9.53 Å². The second-order valence-electron chi connectivity index (χ2n) is 5.41. The van der Waals surface area contributed by atoms with Gasteiger partial charge >= 0.3 is 0 Å². The van der Waals surface area contributed by atoms with E-state index in [0.29, 0.717) is 6.54 Å². The maximum Gasteiger partial charge on any atom is 0.224 e. The zero-order valence-electron chi connectivity index (χ0n) is 11.8. The van der Waals surface area contributed by atoms with E-state index in [2.05, 4.69) is 10.2 Å². The molecule has 0 bridgehead atoms. The number of ether oxygens (including phenoxy) is 1. The summed E-state index contributed by atoms with van der Waals surface area (Å²) in [5, 5.41) is 3.06. The lowest BCUT2D eigenvalue weighted by atomic mass is 9.95. The molecule has 0 aliphatic carbocycles. The van der Waals surface area contributed by atoms with E-state index in [0.717, 1.165) is 32.8 Å². The second-order valence-corrected chi connectivity index (χ2v) is 5.41. The number of nitrogens with zero attached hydrogens (tertiary/aromatic N) is 1. The summed E-state index contributed by atoms with van der Waals surface area (Å²) in [4.78, 5) is 14.4. The first-order chi connectivity index (χ1) is 8.54. The van der Waals surface area contributed by atoms with Crippen molar-refractivity contribution < 1.29 is 9.53 Å². The van der Waals surface area contributed by atoms with Crippen molar-refractivity contribution >= 4 is 5.91 Å². The molecule has 0 radical (unpaired) electrons. The predicted molar refractivity (Wildman–Crippen MR) is 72.2 cm³/mol. The number of nitrogens with one attached hydrogen (secondary N) is 1. The van der Waals surface area contributed by atoms with Crippen LogP contribution in [0.3, 0.4) is 0 Å². The molecule has 2 unspecified atom stereocenters. The zero-order chi connectivity index (χ0) is 13.5. The molecule has 1 heterocycles. The number of carbonyl (C=O) groups excluding carboxylic acids is 1. The molecule has 0 aromatic carbocycles. The van der Waals surface area contributed by atoms with Crippen LogP contribution in [0.2, 0.25) is 0 Å². The maximum atomic E-state index is 12.0. The summed E-state index contributed by atoms with van der Waals surface area (Å²) in [6, 6.07) is 0.156. The van der Waals surface area contributed by atoms with E-state index in [1.807, 2.05) is 20.8 Å². The first-order valence-electron chi connectivity index (χ1n) is 6.85. The van der Waals surface area contributed by atoms with E-state index in [9.17, 15) is 4.79 Å². The number of carbonyl (C=O) groups is 1. The van der Waals surface area contributed by atoms with Crippen LogP contribution in [-0.4, -0.2) is 56.2 Å². The molecule has 5 nitrogen and oxygen atoms in total. The Labute approximate surface area is 110 Å². The van der Waals surface area contributed by atoms with Gasteiger partial charge in [0.2, 0.25) is 5.91 Å². The van der Waals surface area contributed by atoms with E-state index in [4.69, 9.17) is 10.5 Å². The van der Waals surface area contributed by atoms with Gasteiger partial charge in [0.05, 0.1) is 19.1 Å². The molecule has 1 fully saturated rings. The van der Waals surface area contributed by atoms with Gasteiger partial charge in [-0.25, -0.2) is 0 Å². The number of morpholine rings is 1. The summed E-state index contributed by atoms with van der Waals surface area (Å²) in [6.45, 7) is 10.9. The minimum absolute atomic E-state index is 0.0771. The summed E-state index contributed by atoms with van der Waals surface area (Å²) < 4.78 is 5.30. The summed E-state index contributed by atoms with van der Waals surface area (Å²) in [7, 11) is 0. The van der Waals surface area contributed by atoms with E-state index in [-0.39, 0.29) is 23.8 Å². The Morgan fingerprint density at radius 2 is 1.94 bits per heavy atom. The Morgan fingerprint density at radius 3 is 2.44 bits per heavy atom. The lowest BCUT2D eigenvalue weighted by molar-refractivity contribution is -0.126. The number of hydrogen-bond donors (Lipinski definition) is 2.